The molecule has 9 heteroatoms. The minimum Gasteiger partial charge on any atom is -0.497 e. The van der Waals surface area contributed by atoms with Gasteiger partial charge < -0.3 is 19.7 Å². The van der Waals surface area contributed by atoms with Crippen molar-refractivity contribution in [3.05, 3.63) is 52.5 Å². The Labute approximate surface area is 194 Å². The highest BCUT2D eigenvalue weighted by Gasteiger charge is 2.18. The van der Waals surface area contributed by atoms with E-state index in [-0.39, 0.29) is 18.1 Å². The Hall–Kier alpha value is -3.20. The molecule has 0 aliphatic heterocycles. The lowest BCUT2D eigenvalue weighted by atomic mass is 10.2. The van der Waals surface area contributed by atoms with Gasteiger partial charge in [-0.05, 0) is 52.7 Å². The van der Waals surface area contributed by atoms with Gasteiger partial charge in [-0.25, -0.2) is 0 Å². The molecule has 0 bridgehead atoms. The van der Waals surface area contributed by atoms with Crippen molar-refractivity contribution in [1.82, 2.24) is 9.88 Å². The van der Waals surface area contributed by atoms with Gasteiger partial charge in [0, 0.05) is 16.4 Å². The zero-order valence-electron chi connectivity index (χ0n) is 18.0. The van der Waals surface area contributed by atoms with Crippen molar-refractivity contribution in [2.24, 2.45) is 10.2 Å². The summed E-state index contributed by atoms with van der Waals surface area (Å²) in [5.41, 5.74) is 1.39. The molecule has 0 saturated heterocycles. The molecule has 2 amide bonds. The smallest absolute Gasteiger partial charge is 0.283 e. The number of amides is 2. The summed E-state index contributed by atoms with van der Waals surface area (Å²) >= 11 is 3.30. The average Bonchev–Trinajstić information content (AvgIpc) is 3.06. The number of aryl methyl sites for hydroxylation is 1. The molecule has 8 nitrogen and oxygen atoms in total. The maximum absolute atomic E-state index is 12.2. The minimum atomic E-state index is -0.639. The number of fused-ring (bicyclic) bond motifs is 1. The zero-order chi connectivity index (χ0) is 23.1. The number of carbonyl (C=O) groups is 2. The highest BCUT2D eigenvalue weighted by Crippen LogP contribution is 2.40. The van der Waals surface area contributed by atoms with Crippen LogP contribution in [0.4, 0.5) is 5.69 Å². The monoisotopic (exact) mass is 500 g/mol. The van der Waals surface area contributed by atoms with E-state index >= 15 is 0 Å². The van der Waals surface area contributed by atoms with Crippen molar-refractivity contribution >= 4 is 44.3 Å². The third-order valence-corrected chi connectivity index (χ3v) is 5.67. The Bertz CT molecular complexity index is 1160. The van der Waals surface area contributed by atoms with Gasteiger partial charge in [0.05, 0.1) is 18.2 Å². The van der Waals surface area contributed by atoms with Gasteiger partial charge in [-0.1, -0.05) is 31.9 Å². The van der Waals surface area contributed by atoms with Crippen LogP contribution in [0.1, 0.15) is 36.5 Å². The topological polar surface area (TPSA) is 105 Å². The largest absolute Gasteiger partial charge is 0.497 e. The second kappa shape index (κ2) is 10.9. The van der Waals surface area contributed by atoms with Crippen LogP contribution in [0.5, 0.6) is 11.6 Å². The fraction of sp³-hybridized carbons (Fsp3) is 0.304. The number of azo groups is 1. The molecule has 0 unspecified atom stereocenters. The standard InChI is InChI=1S/C23H25BrN4O4/c1-3-4-7-12-28-19-11-10-15(32-2)13-17(19)21(23(28)31)27-26-20(29)14-25-22(30)16-8-5-6-9-18(16)24/h5-6,8-11,13,31H,3-4,7,12,14H2,1-2H3,(H,25,30). The molecule has 0 saturated carbocycles. The van der Waals surface area contributed by atoms with Crippen LogP contribution in [0.3, 0.4) is 0 Å². The molecular formula is C23H25BrN4O4. The fourth-order valence-electron chi connectivity index (χ4n) is 3.31. The summed E-state index contributed by atoms with van der Waals surface area (Å²) in [6.45, 7) is 2.41. The third-order valence-electron chi connectivity index (χ3n) is 4.98. The molecule has 0 fully saturated rings. The maximum atomic E-state index is 12.2. The summed E-state index contributed by atoms with van der Waals surface area (Å²) in [5, 5.41) is 21.6. The highest BCUT2D eigenvalue weighted by molar-refractivity contribution is 9.10. The summed E-state index contributed by atoms with van der Waals surface area (Å²) in [6.07, 6.45) is 2.98. The van der Waals surface area contributed by atoms with E-state index in [0.717, 1.165) is 24.8 Å². The molecular weight excluding hydrogens is 476 g/mol. The first-order chi connectivity index (χ1) is 15.5. The lowest BCUT2D eigenvalue weighted by Crippen LogP contribution is -2.28. The van der Waals surface area contributed by atoms with Crippen LogP contribution < -0.4 is 10.1 Å². The number of nitrogens with one attached hydrogen (secondary N) is 1. The number of unbranched alkanes of at least 4 members (excludes halogenated alkanes) is 2. The summed E-state index contributed by atoms with van der Waals surface area (Å²) in [6, 6.07) is 12.3. The number of rotatable bonds is 9. The Balaban J connectivity index is 1.79. The van der Waals surface area contributed by atoms with E-state index in [4.69, 9.17) is 4.74 Å². The predicted molar refractivity (Wildman–Crippen MR) is 126 cm³/mol. The van der Waals surface area contributed by atoms with Gasteiger partial charge in [0.2, 0.25) is 5.88 Å². The first kappa shape index (κ1) is 23.5. The number of hydrogen-bond acceptors (Lipinski definition) is 5. The van der Waals surface area contributed by atoms with Crippen molar-refractivity contribution in [1.29, 1.82) is 0 Å². The lowest BCUT2D eigenvalue weighted by molar-refractivity contribution is -0.117. The van der Waals surface area contributed by atoms with Gasteiger partial charge in [0.15, 0.2) is 5.69 Å². The lowest BCUT2D eigenvalue weighted by Gasteiger charge is -2.06. The summed E-state index contributed by atoms with van der Waals surface area (Å²) in [4.78, 5) is 24.5. The molecule has 0 radical (unpaired) electrons. The van der Waals surface area contributed by atoms with Crippen molar-refractivity contribution in [2.75, 3.05) is 13.7 Å². The molecule has 0 atom stereocenters. The molecule has 3 rings (SSSR count). The number of hydrogen-bond donors (Lipinski definition) is 2. The number of nitrogens with zero attached hydrogens (tertiary/aromatic N) is 3. The second-order valence-electron chi connectivity index (χ2n) is 7.17. The van der Waals surface area contributed by atoms with E-state index in [2.05, 4.69) is 38.4 Å². The molecule has 168 valence electrons. The van der Waals surface area contributed by atoms with E-state index in [1.165, 1.54) is 0 Å². The summed E-state index contributed by atoms with van der Waals surface area (Å²) < 4.78 is 7.67. The van der Waals surface area contributed by atoms with Gasteiger partial charge in [0.25, 0.3) is 11.8 Å². The minimum absolute atomic E-state index is 0.0573. The van der Waals surface area contributed by atoms with E-state index in [1.807, 2.05) is 6.07 Å². The van der Waals surface area contributed by atoms with Crippen LogP contribution in [-0.2, 0) is 11.3 Å². The number of benzene rings is 2. The molecule has 1 aromatic heterocycles. The highest BCUT2D eigenvalue weighted by atomic mass is 79.9. The maximum Gasteiger partial charge on any atom is 0.283 e. The van der Waals surface area contributed by atoms with Crippen molar-refractivity contribution in [3.8, 4) is 11.6 Å². The number of aromatic hydroxyl groups is 1. The Morgan fingerprint density at radius 2 is 1.97 bits per heavy atom. The molecule has 0 spiro atoms. The number of carbonyl (C=O) groups excluding carboxylic acids is 2. The Morgan fingerprint density at radius 1 is 1.19 bits per heavy atom. The van der Waals surface area contributed by atoms with Crippen LogP contribution >= 0.6 is 15.9 Å². The number of aromatic nitrogens is 1. The molecule has 2 aromatic carbocycles. The average molecular weight is 501 g/mol. The quantitative estimate of drug-likeness (QED) is 0.305. The second-order valence-corrected chi connectivity index (χ2v) is 8.02. The van der Waals surface area contributed by atoms with Crippen LogP contribution in [0.15, 0.2) is 57.2 Å². The molecule has 2 N–H and O–H groups in total. The SMILES string of the molecule is CCCCCn1c(O)c(N=NC(=O)CNC(=O)c2ccccc2Br)c2cc(OC)ccc21. The van der Waals surface area contributed by atoms with Crippen LogP contribution in [0.2, 0.25) is 0 Å². The molecule has 1 heterocycles. The Kier molecular flexibility index (Phi) is 7.99. The van der Waals surface area contributed by atoms with Crippen molar-refractivity contribution in [3.63, 3.8) is 0 Å². The van der Waals surface area contributed by atoms with E-state index < -0.39 is 11.8 Å². The van der Waals surface area contributed by atoms with Crippen LogP contribution in [0, 0.1) is 0 Å². The first-order valence-electron chi connectivity index (χ1n) is 10.3. The summed E-state index contributed by atoms with van der Waals surface area (Å²) in [5.74, 6) is -0.495. The number of halogens is 1. The van der Waals surface area contributed by atoms with Gasteiger partial charge in [0.1, 0.15) is 12.3 Å². The van der Waals surface area contributed by atoms with Crippen LogP contribution in [-0.4, -0.2) is 35.1 Å². The zero-order valence-corrected chi connectivity index (χ0v) is 19.6. The molecule has 0 aliphatic carbocycles. The normalized spacial score (nSPS) is 11.2. The molecule has 32 heavy (non-hydrogen) atoms. The van der Waals surface area contributed by atoms with Crippen LogP contribution in [0.25, 0.3) is 10.9 Å². The number of methoxy groups -OCH3 is 1. The van der Waals surface area contributed by atoms with Crippen molar-refractivity contribution < 1.29 is 19.4 Å². The summed E-state index contributed by atoms with van der Waals surface area (Å²) in [7, 11) is 1.55. The van der Waals surface area contributed by atoms with Gasteiger partial charge in [-0.3, -0.25) is 9.59 Å². The van der Waals surface area contributed by atoms with Crippen molar-refractivity contribution in [2.45, 2.75) is 32.7 Å². The van der Waals surface area contributed by atoms with E-state index in [0.29, 0.717) is 27.7 Å². The Morgan fingerprint density at radius 3 is 2.69 bits per heavy atom. The predicted octanol–water partition coefficient (Wildman–Crippen LogP) is 5.35. The fourth-order valence-corrected chi connectivity index (χ4v) is 3.78. The van der Waals surface area contributed by atoms with E-state index in [9.17, 15) is 14.7 Å². The third kappa shape index (κ3) is 5.34. The number of ether oxygens (including phenoxy) is 1. The van der Waals surface area contributed by atoms with Gasteiger partial charge >= 0.3 is 0 Å². The van der Waals surface area contributed by atoms with Gasteiger partial charge in [-0.15, -0.1) is 10.2 Å². The first-order valence-corrected chi connectivity index (χ1v) is 11.1. The van der Waals surface area contributed by atoms with E-state index in [1.54, 1.807) is 48.1 Å². The van der Waals surface area contributed by atoms with Gasteiger partial charge in [-0.2, -0.15) is 0 Å². The molecule has 3 aromatic rings. The molecule has 0 aliphatic rings.